The fraction of sp³-hybridized carbons (Fsp3) is 0.429. The van der Waals surface area contributed by atoms with Crippen LogP contribution in [0.4, 0.5) is 0 Å². The summed E-state index contributed by atoms with van der Waals surface area (Å²) < 4.78 is 30.0. The summed E-state index contributed by atoms with van der Waals surface area (Å²) in [5, 5.41) is 0. The first-order chi connectivity index (χ1) is 12.5. The summed E-state index contributed by atoms with van der Waals surface area (Å²) in [5.41, 5.74) is 2.20. The smallest absolute Gasteiger partial charge is 0.395 e. The van der Waals surface area contributed by atoms with Crippen molar-refractivity contribution in [1.29, 1.82) is 0 Å². The fourth-order valence-electron chi connectivity index (χ4n) is 2.41. The van der Waals surface area contributed by atoms with E-state index >= 15 is 0 Å². The minimum absolute atomic E-state index is 0.346. The van der Waals surface area contributed by atoms with Gasteiger partial charge in [-0.2, -0.15) is 0 Å². The number of hydrogen-bond donors (Lipinski definition) is 0. The van der Waals surface area contributed by atoms with Crippen LogP contribution in [-0.2, 0) is 9.09 Å². The molecule has 5 heteroatoms. The molecule has 0 N–H and O–H groups in total. The fourth-order valence-corrected chi connectivity index (χ4v) is 3.66. The molecule has 0 aliphatic heterocycles. The summed E-state index contributed by atoms with van der Waals surface area (Å²) in [6.45, 7) is 6.49. The highest BCUT2D eigenvalue weighted by Crippen LogP contribution is 2.49. The van der Waals surface area contributed by atoms with Gasteiger partial charge in [0.05, 0.1) is 6.61 Å². The van der Waals surface area contributed by atoms with Gasteiger partial charge in [0, 0.05) is 0 Å². The number of phosphoric acid groups is 1. The van der Waals surface area contributed by atoms with Crippen molar-refractivity contribution in [2.75, 3.05) is 6.61 Å². The zero-order valence-corrected chi connectivity index (χ0v) is 16.8. The number of benzene rings is 2. The first-order valence-electron chi connectivity index (χ1n) is 9.28. The Morgan fingerprint density at radius 3 is 1.65 bits per heavy atom. The number of unbranched alkanes of at least 4 members (excludes halogenated alkanes) is 4. The van der Waals surface area contributed by atoms with Crippen molar-refractivity contribution in [2.45, 2.75) is 52.9 Å². The predicted molar refractivity (Wildman–Crippen MR) is 106 cm³/mol. The van der Waals surface area contributed by atoms with Crippen molar-refractivity contribution in [3.05, 3.63) is 59.7 Å². The van der Waals surface area contributed by atoms with Crippen molar-refractivity contribution < 1.29 is 18.1 Å². The van der Waals surface area contributed by atoms with Gasteiger partial charge in [-0.3, -0.25) is 4.52 Å². The Bertz CT molecular complexity index is 643. The van der Waals surface area contributed by atoms with Gasteiger partial charge in [-0.05, 0) is 44.5 Å². The maximum absolute atomic E-state index is 13.1. The van der Waals surface area contributed by atoms with Gasteiger partial charge in [0.15, 0.2) is 0 Å². The summed E-state index contributed by atoms with van der Waals surface area (Å²) in [6.07, 6.45) is 5.42. The average Bonchev–Trinajstić information content (AvgIpc) is 2.62. The van der Waals surface area contributed by atoms with Gasteiger partial charge < -0.3 is 9.05 Å². The SMILES string of the molecule is CCCCCCCOP(=O)(Oc1ccc(C)cc1)Oc1ccc(C)cc1. The largest absolute Gasteiger partial charge is 0.587 e. The summed E-state index contributed by atoms with van der Waals surface area (Å²) >= 11 is 0. The molecule has 0 fully saturated rings. The Morgan fingerprint density at radius 2 is 1.19 bits per heavy atom. The molecule has 0 saturated heterocycles. The Hall–Kier alpha value is -1.77. The number of rotatable bonds is 11. The molecule has 0 bridgehead atoms. The molecule has 4 nitrogen and oxygen atoms in total. The Labute approximate surface area is 157 Å². The molecule has 142 valence electrons. The van der Waals surface area contributed by atoms with E-state index in [4.69, 9.17) is 13.6 Å². The summed E-state index contributed by atoms with van der Waals surface area (Å²) in [4.78, 5) is 0. The molecule has 0 amide bonds. The van der Waals surface area contributed by atoms with E-state index in [1.165, 1.54) is 12.8 Å². The molecule has 0 atom stereocenters. The van der Waals surface area contributed by atoms with Crippen LogP contribution in [0.2, 0.25) is 0 Å². The lowest BCUT2D eigenvalue weighted by molar-refractivity contribution is 0.205. The Kier molecular flexibility index (Phi) is 8.21. The van der Waals surface area contributed by atoms with Gasteiger partial charge in [-0.15, -0.1) is 0 Å². The highest BCUT2D eigenvalue weighted by atomic mass is 31.2. The van der Waals surface area contributed by atoms with Crippen LogP contribution in [0.1, 0.15) is 50.2 Å². The zero-order chi connectivity index (χ0) is 18.8. The van der Waals surface area contributed by atoms with Crippen LogP contribution >= 0.6 is 7.82 Å². The highest BCUT2D eigenvalue weighted by molar-refractivity contribution is 7.49. The number of phosphoric ester groups is 1. The van der Waals surface area contributed by atoms with Gasteiger partial charge in [-0.25, -0.2) is 4.57 Å². The summed E-state index contributed by atoms with van der Waals surface area (Å²) in [6, 6.07) is 14.7. The third-order valence-corrected chi connectivity index (χ3v) is 5.34. The molecule has 0 aromatic heterocycles. The van der Waals surface area contributed by atoms with Crippen LogP contribution in [0.5, 0.6) is 11.5 Å². The summed E-state index contributed by atoms with van der Waals surface area (Å²) in [5.74, 6) is 0.939. The van der Waals surface area contributed by atoms with Gasteiger partial charge in [0.1, 0.15) is 11.5 Å². The molecule has 0 aliphatic rings. The average molecular weight is 376 g/mol. The molecule has 0 unspecified atom stereocenters. The van der Waals surface area contributed by atoms with Crippen molar-refractivity contribution in [3.8, 4) is 11.5 Å². The van der Waals surface area contributed by atoms with Crippen LogP contribution in [0, 0.1) is 13.8 Å². The van der Waals surface area contributed by atoms with Crippen LogP contribution in [0.3, 0.4) is 0 Å². The maximum Gasteiger partial charge on any atom is 0.587 e. The topological polar surface area (TPSA) is 44.8 Å². The second kappa shape index (κ2) is 10.4. The maximum atomic E-state index is 13.1. The second-order valence-electron chi connectivity index (χ2n) is 6.50. The molecule has 0 heterocycles. The quantitative estimate of drug-likeness (QED) is 0.317. The molecule has 2 aromatic rings. The lowest BCUT2D eigenvalue weighted by Gasteiger charge is -2.19. The highest BCUT2D eigenvalue weighted by Gasteiger charge is 2.30. The standard InChI is InChI=1S/C21H29O4P/c1-4-5-6-7-8-17-23-26(22,24-20-13-9-18(2)10-14-20)25-21-15-11-19(3)12-16-21/h9-16H,4-8,17H2,1-3H3. The Morgan fingerprint density at radius 1 is 0.731 bits per heavy atom. The minimum atomic E-state index is -3.75. The van der Waals surface area contributed by atoms with Crippen molar-refractivity contribution >= 4 is 7.82 Å². The van der Waals surface area contributed by atoms with Crippen LogP contribution in [-0.4, -0.2) is 6.61 Å². The normalized spacial score (nSPS) is 11.3. The van der Waals surface area contributed by atoms with E-state index in [1.807, 2.05) is 38.1 Å². The second-order valence-corrected chi connectivity index (χ2v) is 8.02. The van der Waals surface area contributed by atoms with Crippen LogP contribution in [0.15, 0.2) is 48.5 Å². The van der Waals surface area contributed by atoms with E-state index in [9.17, 15) is 4.57 Å². The zero-order valence-electron chi connectivity index (χ0n) is 15.9. The lowest BCUT2D eigenvalue weighted by atomic mass is 10.2. The van der Waals surface area contributed by atoms with E-state index in [2.05, 4.69) is 6.92 Å². The Balaban J connectivity index is 2.02. The molecular formula is C21H29O4P. The van der Waals surface area contributed by atoms with Crippen molar-refractivity contribution in [3.63, 3.8) is 0 Å². The van der Waals surface area contributed by atoms with Gasteiger partial charge in [0.2, 0.25) is 0 Å². The minimum Gasteiger partial charge on any atom is -0.395 e. The molecule has 0 aliphatic carbocycles. The predicted octanol–water partition coefficient (Wildman–Crippen LogP) is 6.86. The van der Waals surface area contributed by atoms with E-state index in [0.717, 1.165) is 30.4 Å². The number of aryl methyl sites for hydroxylation is 2. The summed E-state index contributed by atoms with van der Waals surface area (Å²) in [7, 11) is -3.75. The van der Waals surface area contributed by atoms with Crippen LogP contribution in [0.25, 0.3) is 0 Å². The number of hydrogen-bond acceptors (Lipinski definition) is 4. The lowest BCUT2D eigenvalue weighted by Crippen LogP contribution is -2.06. The first-order valence-corrected chi connectivity index (χ1v) is 10.7. The van der Waals surface area contributed by atoms with E-state index in [0.29, 0.717) is 18.1 Å². The molecule has 2 rings (SSSR count). The third kappa shape index (κ3) is 7.23. The molecule has 26 heavy (non-hydrogen) atoms. The first kappa shape index (κ1) is 20.5. The van der Waals surface area contributed by atoms with Crippen molar-refractivity contribution in [2.24, 2.45) is 0 Å². The molecule has 0 saturated carbocycles. The molecule has 2 aromatic carbocycles. The molecule has 0 spiro atoms. The van der Waals surface area contributed by atoms with Gasteiger partial charge in [-0.1, -0.05) is 68.0 Å². The van der Waals surface area contributed by atoms with E-state index < -0.39 is 7.82 Å². The van der Waals surface area contributed by atoms with E-state index in [-0.39, 0.29) is 0 Å². The van der Waals surface area contributed by atoms with Gasteiger partial charge >= 0.3 is 7.82 Å². The van der Waals surface area contributed by atoms with Gasteiger partial charge in [0.25, 0.3) is 0 Å². The molecular weight excluding hydrogens is 347 g/mol. The van der Waals surface area contributed by atoms with Crippen molar-refractivity contribution in [1.82, 2.24) is 0 Å². The van der Waals surface area contributed by atoms with Crippen LogP contribution < -0.4 is 9.05 Å². The molecule has 0 radical (unpaired) electrons. The van der Waals surface area contributed by atoms with E-state index in [1.54, 1.807) is 24.3 Å². The monoisotopic (exact) mass is 376 g/mol. The third-order valence-electron chi connectivity index (χ3n) is 3.97.